The molecule has 24 heavy (non-hydrogen) atoms. The summed E-state index contributed by atoms with van der Waals surface area (Å²) in [6.07, 6.45) is -3.44. The van der Waals surface area contributed by atoms with Crippen molar-refractivity contribution in [3.05, 3.63) is 48.0 Å². The molecular weight excluding hydrogens is 343 g/mol. The van der Waals surface area contributed by atoms with Gasteiger partial charge in [0.05, 0.1) is 28.5 Å². The number of sulfonamides is 1. The van der Waals surface area contributed by atoms with E-state index in [0.29, 0.717) is 11.1 Å². The largest absolute Gasteiger partial charge is 0.416 e. The van der Waals surface area contributed by atoms with Crippen molar-refractivity contribution in [1.82, 2.24) is 9.97 Å². The smallest absolute Gasteiger partial charge is 0.338 e. The predicted molar refractivity (Wildman–Crippen MR) is 85.0 cm³/mol. The van der Waals surface area contributed by atoms with Crippen LogP contribution in [0.4, 0.5) is 18.9 Å². The van der Waals surface area contributed by atoms with Crippen LogP contribution in [-0.2, 0) is 16.2 Å². The molecule has 2 N–H and O–H groups in total. The van der Waals surface area contributed by atoms with E-state index in [2.05, 4.69) is 14.7 Å². The standard InChI is InChI=1S/C15H12F3N3O2S/c1-24(22,23)21-11-5-3-2-4-10(11)14-19-12-7-6-9(15(16,17)18)8-13(12)20-14/h2-8,21H,1H3,(H,19,20). The lowest BCUT2D eigenvalue weighted by Crippen LogP contribution is -2.10. The van der Waals surface area contributed by atoms with Crippen molar-refractivity contribution < 1.29 is 21.6 Å². The van der Waals surface area contributed by atoms with Crippen LogP contribution in [-0.4, -0.2) is 24.6 Å². The van der Waals surface area contributed by atoms with Crippen molar-refractivity contribution in [2.75, 3.05) is 11.0 Å². The molecular formula is C15H12F3N3O2S. The highest BCUT2D eigenvalue weighted by molar-refractivity contribution is 7.92. The number of aromatic amines is 1. The Morgan fingerprint density at radius 2 is 1.83 bits per heavy atom. The van der Waals surface area contributed by atoms with Crippen LogP contribution in [0.2, 0.25) is 0 Å². The molecule has 0 aliphatic rings. The molecule has 1 aromatic heterocycles. The van der Waals surface area contributed by atoms with E-state index in [1.54, 1.807) is 24.3 Å². The van der Waals surface area contributed by atoms with Gasteiger partial charge in [-0.25, -0.2) is 13.4 Å². The monoisotopic (exact) mass is 355 g/mol. The summed E-state index contributed by atoms with van der Waals surface area (Å²) in [4.78, 5) is 7.04. The van der Waals surface area contributed by atoms with Crippen molar-refractivity contribution in [1.29, 1.82) is 0 Å². The van der Waals surface area contributed by atoms with Crippen molar-refractivity contribution in [3.63, 3.8) is 0 Å². The van der Waals surface area contributed by atoms with Gasteiger partial charge in [-0.1, -0.05) is 12.1 Å². The summed E-state index contributed by atoms with van der Waals surface area (Å²) in [6.45, 7) is 0. The number of aromatic nitrogens is 2. The number of benzene rings is 2. The summed E-state index contributed by atoms with van der Waals surface area (Å²) >= 11 is 0. The van der Waals surface area contributed by atoms with E-state index >= 15 is 0 Å². The number of alkyl halides is 3. The zero-order valence-electron chi connectivity index (χ0n) is 12.3. The molecule has 2 aromatic carbocycles. The first kappa shape index (κ1) is 16.3. The average molecular weight is 355 g/mol. The van der Waals surface area contributed by atoms with Crippen LogP contribution in [0.5, 0.6) is 0 Å². The lowest BCUT2D eigenvalue weighted by Gasteiger charge is -2.08. The number of nitrogens with one attached hydrogen (secondary N) is 2. The molecule has 5 nitrogen and oxygen atoms in total. The maximum Gasteiger partial charge on any atom is 0.416 e. The third-order valence-electron chi connectivity index (χ3n) is 3.29. The summed E-state index contributed by atoms with van der Waals surface area (Å²) in [5.74, 6) is 0.274. The zero-order valence-corrected chi connectivity index (χ0v) is 13.2. The summed E-state index contributed by atoms with van der Waals surface area (Å²) < 4.78 is 63.6. The number of hydrogen-bond donors (Lipinski definition) is 2. The second-order valence-electron chi connectivity index (χ2n) is 5.23. The Kier molecular flexibility index (Phi) is 3.75. The van der Waals surface area contributed by atoms with Gasteiger partial charge < -0.3 is 4.98 Å². The lowest BCUT2D eigenvalue weighted by atomic mass is 10.2. The number of hydrogen-bond acceptors (Lipinski definition) is 3. The number of halogens is 3. The topological polar surface area (TPSA) is 74.8 Å². The van der Waals surface area contributed by atoms with Gasteiger partial charge in [0.1, 0.15) is 5.82 Å². The highest BCUT2D eigenvalue weighted by atomic mass is 32.2. The fourth-order valence-corrected chi connectivity index (χ4v) is 2.87. The molecule has 0 bridgehead atoms. The van der Waals surface area contributed by atoms with E-state index < -0.39 is 21.8 Å². The number of nitrogens with zero attached hydrogens (tertiary/aromatic N) is 1. The van der Waals surface area contributed by atoms with Gasteiger partial charge in [-0.3, -0.25) is 4.72 Å². The van der Waals surface area contributed by atoms with Gasteiger partial charge in [0.15, 0.2) is 0 Å². The Labute approximate surface area is 135 Å². The number of para-hydroxylation sites is 1. The van der Waals surface area contributed by atoms with Gasteiger partial charge in [0.2, 0.25) is 10.0 Å². The number of anilines is 1. The van der Waals surface area contributed by atoms with Gasteiger partial charge in [-0.15, -0.1) is 0 Å². The van der Waals surface area contributed by atoms with Crippen molar-refractivity contribution in [3.8, 4) is 11.4 Å². The minimum Gasteiger partial charge on any atom is -0.338 e. The maximum atomic E-state index is 12.8. The lowest BCUT2D eigenvalue weighted by molar-refractivity contribution is -0.137. The Morgan fingerprint density at radius 3 is 2.50 bits per heavy atom. The van der Waals surface area contributed by atoms with Gasteiger partial charge in [0.25, 0.3) is 0 Å². The number of imidazole rings is 1. The first-order valence-corrected chi connectivity index (χ1v) is 8.67. The summed E-state index contributed by atoms with van der Waals surface area (Å²) in [7, 11) is -3.50. The van der Waals surface area contributed by atoms with Crippen LogP contribution in [0, 0.1) is 0 Å². The van der Waals surface area contributed by atoms with E-state index in [1.807, 2.05) is 0 Å². The zero-order chi connectivity index (χ0) is 17.5. The Bertz CT molecular complexity index is 1010. The van der Waals surface area contributed by atoms with Crippen LogP contribution in [0.1, 0.15) is 5.56 Å². The molecule has 0 spiro atoms. The third kappa shape index (κ3) is 3.35. The molecule has 0 aliphatic carbocycles. The minimum atomic E-state index is -4.45. The molecule has 0 aliphatic heterocycles. The van der Waals surface area contributed by atoms with E-state index in [9.17, 15) is 21.6 Å². The van der Waals surface area contributed by atoms with E-state index in [-0.39, 0.29) is 17.0 Å². The summed E-state index contributed by atoms with van der Waals surface area (Å²) in [6, 6.07) is 9.68. The SMILES string of the molecule is CS(=O)(=O)Nc1ccccc1-c1nc2ccc(C(F)(F)F)cc2[nH]1. The van der Waals surface area contributed by atoms with Crippen molar-refractivity contribution in [2.24, 2.45) is 0 Å². The maximum absolute atomic E-state index is 12.8. The van der Waals surface area contributed by atoms with Crippen LogP contribution < -0.4 is 4.72 Å². The first-order chi connectivity index (χ1) is 11.1. The van der Waals surface area contributed by atoms with Crippen LogP contribution >= 0.6 is 0 Å². The minimum absolute atomic E-state index is 0.217. The van der Waals surface area contributed by atoms with Gasteiger partial charge >= 0.3 is 6.18 Å². The number of rotatable bonds is 3. The Morgan fingerprint density at radius 1 is 1.12 bits per heavy atom. The fraction of sp³-hybridized carbons (Fsp3) is 0.133. The third-order valence-corrected chi connectivity index (χ3v) is 3.88. The van der Waals surface area contributed by atoms with Crippen LogP contribution in [0.15, 0.2) is 42.5 Å². The van der Waals surface area contributed by atoms with Gasteiger partial charge in [-0.2, -0.15) is 13.2 Å². The quantitative estimate of drug-likeness (QED) is 0.753. The molecule has 9 heteroatoms. The molecule has 126 valence electrons. The molecule has 0 unspecified atom stereocenters. The highest BCUT2D eigenvalue weighted by Crippen LogP contribution is 2.33. The molecule has 0 fully saturated rings. The predicted octanol–water partition coefficient (Wildman–Crippen LogP) is 3.62. The van der Waals surface area contributed by atoms with E-state index in [1.165, 1.54) is 6.07 Å². The Hall–Kier alpha value is -2.55. The normalized spacial score (nSPS) is 12.5. The summed E-state index contributed by atoms with van der Waals surface area (Å²) in [5, 5.41) is 0. The molecule has 1 heterocycles. The second kappa shape index (κ2) is 5.52. The molecule has 0 atom stereocenters. The molecule has 3 aromatic rings. The van der Waals surface area contributed by atoms with Crippen molar-refractivity contribution >= 4 is 26.7 Å². The molecule has 0 radical (unpaired) electrons. The highest BCUT2D eigenvalue weighted by Gasteiger charge is 2.30. The van der Waals surface area contributed by atoms with E-state index in [4.69, 9.17) is 0 Å². The van der Waals surface area contributed by atoms with Crippen LogP contribution in [0.25, 0.3) is 22.4 Å². The summed E-state index contributed by atoms with van der Waals surface area (Å²) in [5.41, 5.74) is 0.511. The second-order valence-corrected chi connectivity index (χ2v) is 6.98. The van der Waals surface area contributed by atoms with Crippen LogP contribution in [0.3, 0.4) is 0 Å². The number of H-pyrrole nitrogens is 1. The fourth-order valence-electron chi connectivity index (χ4n) is 2.29. The first-order valence-electron chi connectivity index (χ1n) is 6.78. The van der Waals surface area contributed by atoms with E-state index in [0.717, 1.165) is 18.4 Å². The Balaban J connectivity index is 2.11. The molecule has 0 amide bonds. The average Bonchev–Trinajstić information content (AvgIpc) is 2.87. The van der Waals surface area contributed by atoms with Crippen molar-refractivity contribution in [2.45, 2.75) is 6.18 Å². The number of fused-ring (bicyclic) bond motifs is 1. The van der Waals surface area contributed by atoms with Gasteiger partial charge in [0, 0.05) is 5.56 Å². The van der Waals surface area contributed by atoms with Gasteiger partial charge in [-0.05, 0) is 30.3 Å². The molecule has 3 rings (SSSR count). The molecule has 0 saturated carbocycles. The molecule has 0 saturated heterocycles.